The quantitative estimate of drug-likeness (QED) is 0.817. The average Bonchev–Trinajstić information content (AvgIpc) is 2.76. The first-order valence-electron chi connectivity index (χ1n) is 4.15. The molecule has 14 heavy (non-hydrogen) atoms. The smallest absolute Gasteiger partial charge is 0.165 e. The maximum absolute atomic E-state index is 5.59. The Morgan fingerprint density at radius 1 is 1.50 bits per heavy atom. The van der Waals surface area contributed by atoms with E-state index in [9.17, 15) is 0 Å². The Kier molecular flexibility index (Phi) is 2.79. The van der Waals surface area contributed by atoms with Gasteiger partial charge in [-0.05, 0) is 6.92 Å². The van der Waals surface area contributed by atoms with E-state index in [2.05, 4.69) is 20.2 Å². The highest BCUT2D eigenvalue weighted by molar-refractivity contribution is 7.09. The SMILES string of the molecule is Cc1csc(Cc2nc(CCl)n[nH]2)n1. The normalized spacial score (nSPS) is 10.7. The van der Waals surface area contributed by atoms with Crippen LogP contribution in [0.3, 0.4) is 0 Å². The Morgan fingerprint density at radius 2 is 2.36 bits per heavy atom. The van der Waals surface area contributed by atoms with E-state index in [0.717, 1.165) is 16.5 Å². The molecule has 2 rings (SSSR count). The maximum atomic E-state index is 5.59. The Bertz CT molecular complexity index is 422. The minimum atomic E-state index is 0.341. The topological polar surface area (TPSA) is 54.5 Å². The average molecular weight is 229 g/mol. The predicted octanol–water partition coefficient (Wildman–Crippen LogP) is 1.90. The standard InChI is InChI=1S/C8H9ClN4S/c1-5-4-14-8(10-5)2-6-11-7(3-9)13-12-6/h4H,2-3H2,1H3,(H,11,12,13). The van der Waals surface area contributed by atoms with Crippen LogP contribution in [0, 0.1) is 6.92 Å². The molecule has 0 aromatic carbocycles. The van der Waals surface area contributed by atoms with Crippen LogP contribution in [0.15, 0.2) is 5.38 Å². The van der Waals surface area contributed by atoms with Crippen molar-refractivity contribution in [1.82, 2.24) is 20.2 Å². The lowest BCUT2D eigenvalue weighted by atomic mass is 10.4. The second kappa shape index (κ2) is 4.06. The number of halogens is 1. The summed E-state index contributed by atoms with van der Waals surface area (Å²) in [4.78, 5) is 8.54. The molecule has 4 nitrogen and oxygen atoms in total. The Balaban J connectivity index is 2.10. The number of hydrogen-bond donors (Lipinski definition) is 1. The number of aryl methyl sites for hydroxylation is 1. The third-order valence-corrected chi connectivity index (χ3v) is 2.89. The van der Waals surface area contributed by atoms with Crippen molar-refractivity contribution in [2.45, 2.75) is 19.2 Å². The van der Waals surface area contributed by atoms with Gasteiger partial charge in [-0.3, -0.25) is 5.10 Å². The van der Waals surface area contributed by atoms with Gasteiger partial charge in [0.25, 0.3) is 0 Å². The molecule has 0 aliphatic carbocycles. The van der Waals surface area contributed by atoms with Crippen LogP contribution in [0.4, 0.5) is 0 Å². The molecule has 0 saturated carbocycles. The van der Waals surface area contributed by atoms with Gasteiger partial charge in [-0.15, -0.1) is 22.9 Å². The monoisotopic (exact) mass is 228 g/mol. The Morgan fingerprint density at radius 3 is 2.93 bits per heavy atom. The van der Waals surface area contributed by atoms with Crippen molar-refractivity contribution in [1.29, 1.82) is 0 Å². The van der Waals surface area contributed by atoms with E-state index in [1.807, 2.05) is 12.3 Å². The van der Waals surface area contributed by atoms with Gasteiger partial charge >= 0.3 is 0 Å². The molecule has 0 atom stereocenters. The van der Waals surface area contributed by atoms with Crippen LogP contribution in [0.5, 0.6) is 0 Å². The molecule has 0 unspecified atom stereocenters. The first kappa shape index (κ1) is 9.61. The fourth-order valence-electron chi connectivity index (χ4n) is 1.10. The number of nitrogens with one attached hydrogen (secondary N) is 1. The Hall–Kier alpha value is -0.940. The molecular weight excluding hydrogens is 220 g/mol. The van der Waals surface area contributed by atoms with Gasteiger partial charge in [0.1, 0.15) is 10.8 Å². The Labute approximate surface area is 90.4 Å². The predicted molar refractivity (Wildman–Crippen MR) is 55.6 cm³/mol. The molecule has 6 heteroatoms. The van der Waals surface area contributed by atoms with Crippen LogP contribution in [0.2, 0.25) is 0 Å². The van der Waals surface area contributed by atoms with Crippen molar-refractivity contribution in [2.75, 3.05) is 0 Å². The largest absolute Gasteiger partial charge is 0.263 e. The minimum Gasteiger partial charge on any atom is -0.263 e. The first-order chi connectivity index (χ1) is 6.78. The molecule has 0 fully saturated rings. The van der Waals surface area contributed by atoms with E-state index >= 15 is 0 Å². The molecule has 0 aliphatic heterocycles. The van der Waals surface area contributed by atoms with Crippen molar-refractivity contribution in [3.63, 3.8) is 0 Å². The zero-order chi connectivity index (χ0) is 9.97. The summed E-state index contributed by atoms with van der Waals surface area (Å²) in [5, 5.41) is 9.85. The molecule has 0 radical (unpaired) electrons. The molecule has 0 aliphatic rings. The lowest BCUT2D eigenvalue weighted by molar-refractivity contribution is 0.955. The molecule has 2 heterocycles. The number of hydrogen-bond acceptors (Lipinski definition) is 4. The summed E-state index contributed by atoms with van der Waals surface area (Å²) >= 11 is 7.22. The van der Waals surface area contributed by atoms with Crippen molar-refractivity contribution < 1.29 is 0 Å². The molecular formula is C8H9ClN4S. The highest BCUT2D eigenvalue weighted by Gasteiger charge is 2.05. The summed E-state index contributed by atoms with van der Waals surface area (Å²) in [5.74, 6) is 1.79. The summed E-state index contributed by atoms with van der Waals surface area (Å²) < 4.78 is 0. The van der Waals surface area contributed by atoms with E-state index in [-0.39, 0.29) is 0 Å². The van der Waals surface area contributed by atoms with Crippen molar-refractivity contribution in [3.8, 4) is 0 Å². The minimum absolute atomic E-state index is 0.341. The van der Waals surface area contributed by atoms with Crippen molar-refractivity contribution >= 4 is 22.9 Å². The van der Waals surface area contributed by atoms with Gasteiger partial charge in [0.15, 0.2) is 5.82 Å². The van der Waals surface area contributed by atoms with Crippen molar-refractivity contribution in [3.05, 3.63) is 27.7 Å². The number of aromatic nitrogens is 4. The summed E-state index contributed by atoms with van der Waals surface area (Å²) in [7, 11) is 0. The van der Waals surface area contributed by atoms with E-state index in [1.165, 1.54) is 0 Å². The van der Waals surface area contributed by atoms with E-state index in [0.29, 0.717) is 18.1 Å². The highest BCUT2D eigenvalue weighted by Crippen LogP contribution is 2.12. The molecule has 2 aromatic heterocycles. The van der Waals surface area contributed by atoms with E-state index in [4.69, 9.17) is 11.6 Å². The van der Waals surface area contributed by atoms with E-state index < -0.39 is 0 Å². The summed E-state index contributed by atoms with van der Waals surface area (Å²) in [6.45, 7) is 1.98. The number of H-pyrrole nitrogens is 1. The van der Waals surface area contributed by atoms with Crippen LogP contribution in [-0.4, -0.2) is 20.2 Å². The summed E-state index contributed by atoms with van der Waals surface area (Å²) in [6, 6.07) is 0. The second-order valence-corrected chi connectivity index (χ2v) is 4.10. The van der Waals surface area contributed by atoms with Crippen LogP contribution < -0.4 is 0 Å². The first-order valence-corrected chi connectivity index (χ1v) is 5.56. The number of alkyl halides is 1. The highest BCUT2D eigenvalue weighted by atomic mass is 35.5. The third kappa shape index (κ3) is 2.10. The number of thiazole rings is 1. The lowest BCUT2D eigenvalue weighted by Gasteiger charge is -1.88. The number of aromatic amines is 1. The zero-order valence-corrected chi connectivity index (χ0v) is 9.19. The lowest BCUT2D eigenvalue weighted by Crippen LogP contribution is -1.90. The van der Waals surface area contributed by atoms with Crippen LogP contribution in [0.25, 0.3) is 0 Å². The van der Waals surface area contributed by atoms with Gasteiger partial charge in [0.2, 0.25) is 0 Å². The van der Waals surface area contributed by atoms with Gasteiger partial charge in [-0.1, -0.05) is 0 Å². The van der Waals surface area contributed by atoms with E-state index in [1.54, 1.807) is 11.3 Å². The second-order valence-electron chi connectivity index (χ2n) is 2.89. The van der Waals surface area contributed by atoms with Gasteiger partial charge in [0.05, 0.1) is 12.3 Å². The molecule has 0 amide bonds. The zero-order valence-electron chi connectivity index (χ0n) is 7.62. The fraction of sp³-hybridized carbons (Fsp3) is 0.375. The summed E-state index contributed by atoms with van der Waals surface area (Å²) in [6.07, 6.45) is 0.697. The van der Waals surface area contributed by atoms with Gasteiger partial charge in [0, 0.05) is 11.1 Å². The van der Waals surface area contributed by atoms with Crippen LogP contribution in [0.1, 0.15) is 22.4 Å². The van der Waals surface area contributed by atoms with Gasteiger partial charge in [-0.25, -0.2) is 9.97 Å². The molecule has 0 bridgehead atoms. The van der Waals surface area contributed by atoms with Crippen molar-refractivity contribution in [2.24, 2.45) is 0 Å². The molecule has 0 spiro atoms. The molecule has 74 valence electrons. The molecule has 2 aromatic rings. The third-order valence-electron chi connectivity index (χ3n) is 1.68. The number of rotatable bonds is 3. The summed E-state index contributed by atoms with van der Waals surface area (Å²) in [5.41, 5.74) is 1.04. The molecule has 0 saturated heterocycles. The molecule has 1 N–H and O–H groups in total. The van der Waals surface area contributed by atoms with Crippen LogP contribution >= 0.6 is 22.9 Å². The van der Waals surface area contributed by atoms with Gasteiger partial charge in [-0.2, -0.15) is 5.10 Å². The number of nitrogens with zero attached hydrogens (tertiary/aromatic N) is 3. The maximum Gasteiger partial charge on any atom is 0.165 e. The fourth-order valence-corrected chi connectivity index (χ4v) is 2.00. The van der Waals surface area contributed by atoms with Crippen LogP contribution in [-0.2, 0) is 12.3 Å². The van der Waals surface area contributed by atoms with Gasteiger partial charge < -0.3 is 0 Å².